The summed E-state index contributed by atoms with van der Waals surface area (Å²) in [7, 11) is 0. The molecule has 134 valence electrons. The SMILES string of the molecule is CCCCCC1CCC/C1=N/O.CCCCCC1CCCC1=O. The smallest absolute Gasteiger partial charge is 0.135 e. The van der Waals surface area contributed by atoms with Crippen LogP contribution in [0.1, 0.15) is 104 Å². The molecule has 0 saturated heterocycles. The van der Waals surface area contributed by atoms with Crippen molar-refractivity contribution < 1.29 is 10.0 Å². The minimum absolute atomic E-state index is 0.446. The molecule has 0 aromatic carbocycles. The van der Waals surface area contributed by atoms with Crippen LogP contribution < -0.4 is 0 Å². The van der Waals surface area contributed by atoms with E-state index in [1.807, 2.05) is 0 Å². The Hall–Kier alpha value is -0.860. The maximum absolute atomic E-state index is 11.2. The molecule has 0 amide bonds. The van der Waals surface area contributed by atoms with E-state index in [2.05, 4.69) is 19.0 Å². The third-order valence-corrected chi connectivity index (χ3v) is 5.33. The summed E-state index contributed by atoms with van der Waals surface area (Å²) in [5.74, 6) is 1.57. The molecule has 0 radical (unpaired) electrons. The van der Waals surface area contributed by atoms with Gasteiger partial charge in [-0.3, -0.25) is 4.79 Å². The number of carbonyl (C=O) groups is 1. The van der Waals surface area contributed by atoms with Crippen molar-refractivity contribution in [1.82, 2.24) is 0 Å². The normalized spacial score (nSPS) is 25.7. The van der Waals surface area contributed by atoms with Crippen molar-refractivity contribution in [1.29, 1.82) is 0 Å². The first kappa shape index (κ1) is 20.2. The van der Waals surface area contributed by atoms with E-state index in [0.29, 0.717) is 17.6 Å². The molecule has 2 fully saturated rings. The average Bonchev–Trinajstić information content (AvgIpc) is 3.18. The highest BCUT2D eigenvalue weighted by Gasteiger charge is 2.23. The molecule has 0 aromatic heterocycles. The number of hydrogen-bond donors (Lipinski definition) is 1. The molecule has 23 heavy (non-hydrogen) atoms. The van der Waals surface area contributed by atoms with Crippen LogP contribution >= 0.6 is 0 Å². The zero-order valence-electron chi connectivity index (χ0n) is 15.4. The topological polar surface area (TPSA) is 49.7 Å². The first-order valence-electron chi connectivity index (χ1n) is 9.96. The summed E-state index contributed by atoms with van der Waals surface area (Å²) in [6.45, 7) is 4.42. The molecule has 0 heterocycles. The van der Waals surface area contributed by atoms with Gasteiger partial charge in [0.1, 0.15) is 5.78 Å². The van der Waals surface area contributed by atoms with Gasteiger partial charge in [0, 0.05) is 18.3 Å². The average molecular weight is 324 g/mol. The van der Waals surface area contributed by atoms with Crippen molar-refractivity contribution in [2.45, 2.75) is 104 Å². The molecular weight excluding hydrogens is 286 g/mol. The van der Waals surface area contributed by atoms with E-state index < -0.39 is 0 Å². The van der Waals surface area contributed by atoms with Gasteiger partial charge in [-0.2, -0.15) is 0 Å². The van der Waals surface area contributed by atoms with Crippen molar-refractivity contribution >= 4 is 11.5 Å². The van der Waals surface area contributed by atoms with Crippen molar-refractivity contribution in [2.75, 3.05) is 0 Å². The fourth-order valence-corrected chi connectivity index (χ4v) is 3.82. The minimum atomic E-state index is 0.446. The summed E-state index contributed by atoms with van der Waals surface area (Å²) in [5.41, 5.74) is 1.05. The second kappa shape index (κ2) is 12.5. The highest BCUT2D eigenvalue weighted by molar-refractivity contribution is 5.87. The Bertz CT molecular complexity index is 352. The standard InChI is InChI=1S/C10H19NO.C10H18O/c1-2-3-4-6-9-7-5-8-10(9)11-12;1-2-3-4-6-9-7-5-8-10(9)11/h9,12H,2-8H2,1H3;9H,2-8H2,1H3/b11-10-;. The predicted molar refractivity (Wildman–Crippen MR) is 97.2 cm³/mol. The molecular formula is C20H37NO2. The van der Waals surface area contributed by atoms with E-state index in [-0.39, 0.29) is 0 Å². The zero-order valence-corrected chi connectivity index (χ0v) is 15.4. The Balaban J connectivity index is 0.000000231. The van der Waals surface area contributed by atoms with Gasteiger partial charge in [0.25, 0.3) is 0 Å². The fraction of sp³-hybridized carbons (Fsp3) is 0.900. The molecule has 0 aliphatic heterocycles. The van der Waals surface area contributed by atoms with Crippen LogP contribution in [0.3, 0.4) is 0 Å². The van der Waals surface area contributed by atoms with E-state index in [1.54, 1.807) is 0 Å². The lowest BCUT2D eigenvalue weighted by molar-refractivity contribution is -0.120. The van der Waals surface area contributed by atoms with Gasteiger partial charge in [-0.1, -0.05) is 57.5 Å². The van der Waals surface area contributed by atoms with Crippen LogP contribution in [0.25, 0.3) is 0 Å². The second-order valence-electron chi connectivity index (χ2n) is 7.23. The molecule has 0 bridgehead atoms. The Labute approximate surface area is 142 Å². The fourth-order valence-electron chi connectivity index (χ4n) is 3.82. The monoisotopic (exact) mass is 323 g/mol. The van der Waals surface area contributed by atoms with Gasteiger partial charge in [-0.25, -0.2) is 0 Å². The summed E-state index contributed by atoms with van der Waals surface area (Å²) in [6.07, 6.45) is 16.7. The van der Waals surface area contributed by atoms with E-state index >= 15 is 0 Å². The van der Waals surface area contributed by atoms with Crippen LogP contribution in [-0.4, -0.2) is 16.7 Å². The van der Waals surface area contributed by atoms with E-state index in [9.17, 15) is 4.79 Å². The van der Waals surface area contributed by atoms with Crippen molar-refractivity contribution in [3.05, 3.63) is 0 Å². The third-order valence-electron chi connectivity index (χ3n) is 5.33. The van der Waals surface area contributed by atoms with Crippen LogP contribution in [0.4, 0.5) is 0 Å². The van der Waals surface area contributed by atoms with Crippen LogP contribution in [0, 0.1) is 11.8 Å². The number of carbonyl (C=O) groups excluding carboxylic acids is 1. The number of rotatable bonds is 8. The Morgan fingerprint density at radius 2 is 1.48 bits per heavy atom. The van der Waals surface area contributed by atoms with Crippen molar-refractivity contribution in [3.63, 3.8) is 0 Å². The van der Waals surface area contributed by atoms with Crippen LogP contribution in [0.2, 0.25) is 0 Å². The van der Waals surface area contributed by atoms with Gasteiger partial charge in [0.05, 0.1) is 5.71 Å². The van der Waals surface area contributed by atoms with E-state index in [4.69, 9.17) is 5.21 Å². The summed E-state index contributed by atoms with van der Waals surface area (Å²) in [5, 5.41) is 12.0. The van der Waals surface area contributed by atoms with Gasteiger partial charge in [-0.15, -0.1) is 0 Å². The summed E-state index contributed by atoms with van der Waals surface area (Å²) < 4.78 is 0. The third kappa shape index (κ3) is 7.99. The van der Waals surface area contributed by atoms with E-state index in [0.717, 1.165) is 31.4 Å². The number of ketones is 1. The Morgan fingerprint density at radius 1 is 0.913 bits per heavy atom. The molecule has 1 N–H and O–H groups in total. The number of hydrogen-bond acceptors (Lipinski definition) is 3. The second-order valence-corrected chi connectivity index (χ2v) is 7.23. The lowest BCUT2D eigenvalue weighted by atomic mass is 9.99. The van der Waals surface area contributed by atoms with Crippen LogP contribution in [0.15, 0.2) is 5.16 Å². The minimum Gasteiger partial charge on any atom is -0.411 e. The van der Waals surface area contributed by atoms with Gasteiger partial charge in [-0.05, 0) is 44.9 Å². The first-order chi connectivity index (χ1) is 11.2. The molecule has 2 aliphatic rings. The molecule has 2 atom stereocenters. The zero-order chi connectivity index (χ0) is 16.9. The van der Waals surface area contributed by atoms with Gasteiger partial charge in [0.2, 0.25) is 0 Å². The molecule has 3 heteroatoms. The van der Waals surface area contributed by atoms with Gasteiger partial charge in [0.15, 0.2) is 0 Å². The highest BCUT2D eigenvalue weighted by Crippen LogP contribution is 2.27. The number of unbranched alkanes of at least 4 members (excludes halogenated alkanes) is 4. The number of Topliss-reactive ketones (excluding diaryl/α,β-unsaturated/α-hetero) is 1. The largest absolute Gasteiger partial charge is 0.411 e. The summed E-state index contributed by atoms with van der Waals surface area (Å²) in [6, 6.07) is 0. The summed E-state index contributed by atoms with van der Waals surface area (Å²) >= 11 is 0. The van der Waals surface area contributed by atoms with Crippen LogP contribution in [0.5, 0.6) is 0 Å². The molecule has 2 saturated carbocycles. The Kier molecular flexibility index (Phi) is 11.0. The molecule has 0 spiro atoms. The van der Waals surface area contributed by atoms with Gasteiger partial charge >= 0.3 is 0 Å². The molecule has 2 unspecified atom stereocenters. The molecule has 0 aromatic rings. The molecule has 2 aliphatic carbocycles. The van der Waals surface area contributed by atoms with Crippen molar-refractivity contribution in [3.8, 4) is 0 Å². The molecule has 3 nitrogen and oxygen atoms in total. The lowest BCUT2D eigenvalue weighted by Crippen LogP contribution is -2.06. The van der Waals surface area contributed by atoms with Crippen molar-refractivity contribution in [2.24, 2.45) is 17.0 Å². The predicted octanol–water partition coefficient (Wildman–Crippen LogP) is 6.13. The molecule has 2 rings (SSSR count). The highest BCUT2D eigenvalue weighted by atomic mass is 16.4. The quantitative estimate of drug-likeness (QED) is 0.332. The number of nitrogens with zero attached hydrogens (tertiary/aromatic N) is 1. The van der Waals surface area contributed by atoms with E-state index in [1.165, 1.54) is 64.2 Å². The maximum atomic E-state index is 11.2. The van der Waals surface area contributed by atoms with Gasteiger partial charge < -0.3 is 5.21 Å². The lowest BCUT2D eigenvalue weighted by Gasteiger charge is -2.08. The van der Waals surface area contributed by atoms with Crippen LogP contribution in [-0.2, 0) is 4.79 Å². The number of oxime groups is 1. The first-order valence-corrected chi connectivity index (χ1v) is 9.96. The Morgan fingerprint density at radius 3 is 2.00 bits per heavy atom. The summed E-state index contributed by atoms with van der Waals surface area (Å²) in [4.78, 5) is 11.2. The maximum Gasteiger partial charge on any atom is 0.135 e.